The molecule has 4 heterocycles. The lowest BCUT2D eigenvalue weighted by Crippen LogP contribution is -2.37. The van der Waals surface area contributed by atoms with Gasteiger partial charge in [0.1, 0.15) is 9.53 Å². The lowest BCUT2D eigenvalue weighted by atomic mass is 10.0. The number of thiophene rings is 1. The molecule has 5 rings (SSSR count). The van der Waals surface area contributed by atoms with Gasteiger partial charge in [-0.15, -0.1) is 11.3 Å². The third-order valence-corrected chi connectivity index (χ3v) is 8.39. The number of amides is 1. The van der Waals surface area contributed by atoms with E-state index in [1.165, 1.54) is 35.1 Å². The van der Waals surface area contributed by atoms with E-state index in [-0.39, 0.29) is 17.2 Å². The van der Waals surface area contributed by atoms with Crippen LogP contribution in [0.1, 0.15) is 50.2 Å². The molecule has 0 saturated carbocycles. The van der Waals surface area contributed by atoms with E-state index in [9.17, 15) is 9.59 Å². The molecule has 176 valence electrons. The van der Waals surface area contributed by atoms with Gasteiger partial charge in [0.25, 0.3) is 5.56 Å². The molecule has 1 amide bonds. The highest BCUT2D eigenvalue weighted by Crippen LogP contribution is 2.31. The molecule has 1 aliphatic rings. The summed E-state index contributed by atoms with van der Waals surface area (Å²) in [5.74, 6) is 0.848. The summed E-state index contributed by atoms with van der Waals surface area (Å²) in [7, 11) is 0. The predicted octanol–water partition coefficient (Wildman–Crippen LogP) is 5.28. The van der Waals surface area contributed by atoms with Crippen molar-refractivity contribution >= 4 is 49.4 Å². The maximum atomic E-state index is 13.6. The first-order valence-corrected chi connectivity index (χ1v) is 13.6. The SMILES string of the molecule is CC(C)c1ccc(Cn2c(SCC(=O)N3CCCCC3)nc3c(sc4ncccc43)c2=O)cc1. The predicted molar refractivity (Wildman–Crippen MR) is 140 cm³/mol. The minimum atomic E-state index is -0.0751. The molecule has 3 aromatic heterocycles. The third-order valence-electron chi connectivity index (χ3n) is 6.34. The van der Waals surface area contributed by atoms with Gasteiger partial charge in [-0.1, -0.05) is 49.9 Å². The number of piperidine rings is 1. The van der Waals surface area contributed by atoms with Gasteiger partial charge < -0.3 is 4.90 Å². The average molecular weight is 493 g/mol. The second-order valence-corrected chi connectivity index (χ2v) is 11.0. The Labute approximate surface area is 207 Å². The number of hydrogen-bond acceptors (Lipinski definition) is 6. The first kappa shape index (κ1) is 23.1. The van der Waals surface area contributed by atoms with Crippen LogP contribution in [0, 0.1) is 0 Å². The Kier molecular flexibility index (Phi) is 6.70. The van der Waals surface area contributed by atoms with E-state index in [2.05, 4.69) is 43.1 Å². The molecule has 0 aliphatic carbocycles. The molecule has 0 spiro atoms. The Morgan fingerprint density at radius 3 is 2.62 bits per heavy atom. The van der Waals surface area contributed by atoms with Gasteiger partial charge in [0.15, 0.2) is 5.16 Å². The quantitative estimate of drug-likeness (QED) is 0.270. The highest BCUT2D eigenvalue weighted by molar-refractivity contribution is 7.99. The zero-order valence-corrected chi connectivity index (χ0v) is 21.1. The molecule has 6 nitrogen and oxygen atoms in total. The molecule has 4 aromatic rings. The maximum absolute atomic E-state index is 13.6. The normalized spacial score (nSPS) is 14.4. The Hall–Kier alpha value is -2.71. The fraction of sp³-hybridized carbons (Fsp3) is 0.385. The van der Waals surface area contributed by atoms with Crippen molar-refractivity contribution in [1.82, 2.24) is 19.4 Å². The number of carbonyl (C=O) groups is 1. The lowest BCUT2D eigenvalue weighted by Gasteiger charge is -2.26. The van der Waals surface area contributed by atoms with Crippen molar-refractivity contribution < 1.29 is 4.79 Å². The van der Waals surface area contributed by atoms with Crippen LogP contribution in [0.3, 0.4) is 0 Å². The number of carbonyl (C=O) groups excluding carboxylic acids is 1. The first-order valence-electron chi connectivity index (χ1n) is 11.8. The summed E-state index contributed by atoms with van der Waals surface area (Å²) < 4.78 is 2.33. The van der Waals surface area contributed by atoms with E-state index in [0.29, 0.717) is 27.8 Å². The molecule has 8 heteroatoms. The average Bonchev–Trinajstić information content (AvgIpc) is 3.24. The van der Waals surface area contributed by atoms with Crippen molar-refractivity contribution in [3.63, 3.8) is 0 Å². The minimum Gasteiger partial charge on any atom is -0.342 e. The van der Waals surface area contributed by atoms with Gasteiger partial charge in [-0.3, -0.25) is 14.2 Å². The van der Waals surface area contributed by atoms with Crippen LogP contribution < -0.4 is 5.56 Å². The van der Waals surface area contributed by atoms with Gasteiger partial charge in [0, 0.05) is 24.7 Å². The molecule has 1 fully saturated rings. The molecule has 1 saturated heterocycles. The van der Waals surface area contributed by atoms with Crippen LogP contribution in [0.2, 0.25) is 0 Å². The standard InChI is InChI=1S/C26H28N4O2S2/c1-17(2)19-10-8-18(9-11-19)15-30-25(32)23-22(20-7-6-12-27-24(20)34-23)28-26(30)33-16-21(31)29-13-4-3-5-14-29/h6-12,17H,3-5,13-16H2,1-2H3. The van der Waals surface area contributed by atoms with Crippen molar-refractivity contribution in [1.29, 1.82) is 0 Å². The van der Waals surface area contributed by atoms with Crippen LogP contribution in [0.15, 0.2) is 52.5 Å². The van der Waals surface area contributed by atoms with Crippen molar-refractivity contribution in [3.8, 4) is 0 Å². The zero-order valence-electron chi connectivity index (χ0n) is 19.5. The van der Waals surface area contributed by atoms with Crippen LogP contribution in [0.5, 0.6) is 0 Å². The lowest BCUT2D eigenvalue weighted by molar-refractivity contribution is -0.129. The number of aromatic nitrogens is 3. The fourth-order valence-electron chi connectivity index (χ4n) is 4.34. The molecule has 0 bridgehead atoms. The Balaban J connectivity index is 1.52. The van der Waals surface area contributed by atoms with E-state index >= 15 is 0 Å². The number of benzene rings is 1. The van der Waals surface area contributed by atoms with Gasteiger partial charge in [0.05, 0.1) is 17.8 Å². The number of pyridine rings is 1. The molecule has 0 N–H and O–H groups in total. The highest BCUT2D eigenvalue weighted by atomic mass is 32.2. The molecule has 0 radical (unpaired) electrons. The molecule has 1 aromatic carbocycles. The summed E-state index contributed by atoms with van der Waals surface area (Å²) in [5.41, 5.74) is 2.91. The summed E-state index contributed by atoms with van der Waals surface area (Å²) in [6, 6.07) is 12.2. The van der Waals surface area contributed by atoms with Crippen molar-refractivity contribution in [2.24, 2.45) is 0 Å². The molecular weight excluding hydrogens is 464 g/mol. The molecule has 0 unspecified atom stereocenters. The van der Waals surface area contributed by atoms with Crippen molar-refractivity contribution in [3.05, 3.63) is 64.1 Å². The summed E-state index contributed by atoms with van der Waals surface area (Å²) in [6.45, 7) is 6.40. The largest absolute Gasteiger partial charge is 0.342 e. The number of rotatable bonds is 6. The summed E-state index contributed by atoms with van der Waals surface area (Å²) >= 11 is 2.75. The zero-order chi connectivity index (χ0) is 23.7. The van der Waals surface area contributed by atoms with Crippen molar-refractivity contribution in [2.45, 2.75) is 50.7 Å². The van der Waals surface area contributed by atoms with E-state index in [1.807, 2.05) is 17.0 Å². The topological polar surface area (TPSA) is 68.1 Å². The summed E-state index contributed by atoms with van der Waals surface area (Å²) in [4.78, 5) is 38.6. The molecular formula is C26H28N4O2S2. The first-order chi connectivity index (χ1) is 16.5. The van der Waals surface area contributed by atoms with E-state index < -0.39 is 0 Å². The second kappa shape index (κ2) is 9.88. The maximum Gasteiger partial charge on any atom is 0.272 e. The Morgan fingerprint density at radius 2 is 1.88 bits per heavy atom. The van der Waals surface area contributed by atoms with E-state index in [4.69, 9.17) is 4.98 Å². The van der Waals surface area contributed by atoms with Gasteiger partial charge in [0.2, 0.25) is 5.91 Å². The summed E-state index contributed by atoms with van der Waals surface area (Å²) in [5, 5.41) is 1.47. The van der Waals surface area contributed by atoms with Crippen LogP contribution >= 0.6 is 23.1 Å². The van der Waals surface area contributed by atoms with Gasteiger partial charge in [-0.25, -0.2) is 9.97 Å². The second-order valence-electron chi connectivity index (χ2n) is 9.05. The van der Waals surface area contributed by atoms with E-state index in [1.54, 1.807) is 10.8 Å². The third kappa shape index (κ3) is 4.61. The molecule has 34 heavy (non-hydrogen) atoms. The minimum absolute atomic E-state index is 0.0751. The summed E-state index contributed by atoms with van der Waals surface area (Å²) in [6.07, 6.45) is 5.04. The number of hydrogen-bond donors (Lipinski definition) is 0. The molecule has 0 atom stereocenters. The van der Waals surface area contributed by atoms with E-state index in [0.717, 1.165) is 41.7 Å². The number of likely N-dealkylation sites (tertiary alicyclic amines) is 1. The van der Waals surface area contributed by atoms with Crippen LogP contribution in [-0.4, -0.2) is 44.2 Å². The monoisotopic (exact) mass is 492 g/mol. The number of fused-ring (bicyclic) bond motifs is 3. The highest BCUT2D eigenvalue weighted by Gasteiger charge is 2.21. The van der Waals surface area contributed by atoms with Crippen molar-refractivity contribution in [2.75, 3.05) is 18.8 Å². The van der Waals surface area contributed by atoms with Gasteiger partial charge >= 0.3 is 0 Å². The van der Waals surface area contributed by atoms with Crippen LogP contribution in [-0.2, 0) is 11.3 Å². The smallest absolute Gasteiger partial charge is 0.272 e. The Morgan fingerprint density at radius 1 is 1.12 bits per heavy atom. The van der Waals surface area contributed by atoms with Gasteiger partial charge in [-0.05, 0) is 48.4 Å². The fourth-order valence-corrected chi connectivity index (χ4v) is 6.27. The number of nitrogens with zero attached hydrogens (tertiary/aromatic N) is 4. The molecule has 1 aliphatic heterocycles. The van der Waals surface area contributed by atoms with Gasteiger partial charge in [-0.2, -0.15) is 0 Å². The number of thioether (sulfide) groups is 1. The van der Waals surface area contributed by atoms with Crippen LogP contribution in [0.25, 0.3) is 20.4 Å². The Bertz CT molecular complexity index is 1390. The van der Waals surface area contributed by atoms with Crippen LogP contribution in [0.4, 0.5) is 0 Å².